The second-order valence-electron chi connectivity index (χ2n) is 16.6. The number of pyridine rings is 1. The summed E-state index contributed by atoms with van der Waals surface area (Å²) in [6, 6.07) is 11.3. The summed E-state index contributed by atoms with van der Waals surface area (Å²) in [6.45, 7) is 11.1. The van der Waals surface area contributed by atoms with Crippen LogP contribution in [0.15, 0.2) is 77.8 Å². The second-order valence-corrected chi connectivity index (χ2v) is 20.5. The molecule has 464 valence electrons. The predicted octanol–water partition coefficient (Wildman–Crippen LogP) is 3.24. The predicted molar refractivity (Wildman–Crippen MR) is 319 cm³/mol. The Kier molecular flexibility index (Phi) is 52.1. The molecular formula is C55H80AlCl2N10NaO16. The maximum absolute atomic E-state index is 12.5. The first-order valence-corrected chi connectivity index (χ1v) is 29.3. The normalized spacial score (nSPS) is 9.33. The zero-order chi connectivity index (χ0) is 63.3. The number of benzene rings is 1. The molecule has 0 bridgehead atoms. The molecule has 0 radical (unpaired) electrons. The molecule has 0 atom stereocenters. The number of halogens is 2. The molecule has 5 N–H and O–H groups in total. The van der Waals surface area contributed by atoms with Crippen molar-refractivity contribution >= 4 is 79.2 Å². The van der Waals surface area contributed by atoms with Gasteiger partial charge in [0.2, 0.25) is 11.8 Å². The van der Waals surface area contributed by atoms with Gasteiger partial charge in [-0.1, -0.05) is 36.7 Å². The first kappa shape index (κ1) is 85.1. The number of carbonyl (C=O) groups is 5. The largest absolute Gasteiger partial charge is 1.00 e. The van der Waals surface area contributed by atoms with Crippen LogP contribution < -0.4 is 60.7 Å². The number of ketones is 2. The number of nitrogens with two attached hydrogens (primary N) is 1. The standard InChI is InChI=1S/C20H19ClN4O3.C10H16O5.C9H12N2O3.C8H10N2O3.C3H8N2O.C2H5O.3CH3.Al.ClH.Na/c1-27-12-18-23-11-16(20(25-18)28-2)19(26)24-17-7-6-14(10-22-17)8-13-4-3-5-15(21)9-13;1-4-13-7-8(9(11)14-5-2)10(12)15-6-3;1-6(12)7-4-10-8(5-13-2)11-9(7)14-3;1-5(11)6-3-9-7(4-13-2)10-8(6)12;1-6-2-3(4)5;1-2-3;;;;;;/h3-7,9-11H,8,12H2,1-2H3,(H,22,24,26);7H,4-6H2,1-3H3;4H,5H2,1-3H3;3H,4H2,1-2H3,(H,9,10,12);2H2,1H3,(H3,4,5);2H2,1H3;3*1H3;;1H;/q;;;;;-1;;;;;;+1. The average Bonchev–Trinajstić information content (AvgIpc) is 3.59. The third-order valence-electron chi connectivity index (χ3n) is 8.70. The minimum absolute atomic E-state index is 0. The molecule has 0 aliphatic heterocycles. The second kappa shape index (κ2) is 52.0. The summed E-state index contributed by atoms with van der Waals surface area (Å²) in [6.07, 6.45) is 7.59. The number of nitrogens with zero attached hydrogens (tertiary/aromatic N) is 6. The van der Waals surface area contributed by atoms with Gasteiger partial charge in [0.1, 0.15) is 61.3 Å². The van der Waals surface area contributed by atoms with Crippen LogP contribution in [0.2, 0.25) is 22.4 Å². The number of anilines is 1. The number of amides is 1. The van der Waals surface area contributed by atoms with Crippen molar-refractivity contribution in [2.45, 2.75) is 85.1 Å². The SMILES string of the molecule is CCOC=C(C(=O)OCC)C(=O)OCC.CC[O-].COCC(=N)N.COCc1ncc(C(=O)Nc2ccc(Cc3cccc(Cl)c3)cn2)c(OC)n1.COCc1ncc(C(C)=O)c(=O)[nH]1.COCc1ncc(C(C)=O)c(OC)n1.Cl.[CH3][Al]([CH3])[CH3].[Na+]. The number of Topliss-reactive ketones (excluding diaryl/α,β-unsaturated/α-hetero) is 2. The number of carbonyl (C=O) groups excluding carboxylic acids is 5. The number of aromatic nitrogens is 7. The van der Waals surface area contributed by atoms with Gasteiger partial charge < -0.3 is 63.8 Å². The van der Waals surface area contributed by atoms with Gasteiger partial charge in [0.25, 0.3) is 25.6 Å². The van der Waals surface area contributed by atoms with Crippen LogP contribution in [0.3, 0.4) is 0 Å². The molecule has 0 saturated heterocycles. The fourth-order valence-electron chi connectivity index (χ4n) is 5.39. The summed E-state index contributed by atoms with van der Waals surface area (Å²) >= 11 is 5.87. The Morgan fingerprint density at radius 1 is 0.706 bits per heavy atom. The molecule has 0 spiro atoms. The summed E-state index contributed by atoms with van der Waals surface area (Å²) in [5, 5.41) is 18.9. The number of nitrogens with one attached hydrogen (secondary N) is 3. The van der Waals surface area contributed by atoms with Gasteiger partial charge in [0, 0.05) is 58.2 Å². The number of hydrogen-bond donors (Lipinski definition) is 4. The van der Waals surface area contributed by atoms with Crippen molar-refractivity contribution in [3.05, 3.63) is 134 Å². The van der Waals surface area contributed by atoms with Crippen LogP contribution in [-0.4, -0.2) is 160 Å². The number of rotatable bonds is 22. The van der Waals surface area contributed by atoms with Gasteiger partial charge in [-0.15, -0.1) is 36.4 Å². The maximum Gasteiger partial charge on any atom is 1.00 e. The van der Waals surface area contributed by atoms with E-state index in [0.29, 0.717) is 59.4 Å². The fraction of sp³-hybridized carbons (Fsp3) is 0.436. The molecule has 0 aliphatic carbocycles. The molecule has 4 heterocycles. The van der Waals surface area contributed by atoms with E-state index >= 15 is 0 Å². The third-order valence-corrected chi connectivity index (χ3v) is 8.93. The Labute approximate surface area is 534 Å². The summed E-state index contributed by atoms with van der Waals surface area (Å²) in [7, 11) is 9.00. The number of H-pyrrole nitrogens is 1. The third kappa shape index (κ3) is 39.1. The van der Waals surface area contributed by atoms with E-state index in [1.54, 1.807) is 47.1 Å². The first-order chi connectivity index (χ1) is 39.5. The molecule has 30 heteroatoms. The average molecular weight is 1260 g/mol. The zero-order valence-corrected chi connectivity index (χ0v) is 56.1. The number of esters is 2. The van der Waals surface area contributed by atoms with Crippen molar-refractivity contribution in [2.75, 3.05) is 81.0 Å². The Hall–Kier alpha value is -6.32. The van der Waals surface area contributed by atoms with Crippen molar-refractivity contribution in [1.82, 2.24) is 34.9 Å². The summed E-state index contributed by atoms with van der Waals surface area (Å²) in [5.74, 6) is 6.93. The maximum atomic E-state index is 12.5. The molecule has 5 aromatic rings. The van der Waals surface area contributed by atoms with Crippen LogP contribution in [0, 0.1) is 5.41 Å². The minimum atomic E-state index is -0.732. The van der Waals surface area contributed by atoms with E-state index in [4.69, 9.17) is 56.3 Å². The first-order valence-electron chi connectivity index (χ1n) is 25.4. The van der Waals surface area contributed by atoms with Gasteiger partial charge >= 0.3 is 41.5 Å². The molecule has 5 rings (SSSR count). The van der Waals surface area contributed by atoms with Gasteiger partial charge in [-0.2, -0.15) is 9.97 Å². The number of aromatic amines is 1. The van der Waals surface area contributed by atoms with E-state index < -0.39 is 23.4 Å². The van der Waals surface area contributed by atoms with E-state index in [0.717, 1.165) is 17.4 Å². The van der Waals surface area contributed by atoms with Crippen molar-refractivity contribution in [2.24, 2.45) is 5.73 Å². The molecule has 0 saturated carbocycles. The summed E-state index contributed by atoms with van der Waals surface area (Å²) < 4.78 is 43.4. The van der Waals surface area contributed by atoms with E-state index in [9.17, 15) is 28.8 Å². The molecule has 4 aromatic heterocycles. The Morgan fingerprint density at radius 3 is 1.59 bits per heavy atom. The van der Waals surface area contributed by atoms with E-state index in [1.165, 1.54) is 68.0 Å². The van der Waals surface area contributed by atoms with E-state index in [1.807, 2.05) is 30.3 Å². The van der Waals surface area contributed by atoms with Crippen LogP contribution in [0.1, 0.15) is 101 Å². The Morgan fingerprint density at radius 2 is 1.20 bits per heavy atom. The molecule has 0 unspecified atom stereocenters. The molecule has 0 aliphatic rings. The number of amidine groups is 1. The van der Waals surface area contributed by atoms with Crippen LogP contribution in [0.25, 0.3) is 0 Å². The van der Waals surface area contributed by atoms with Gasteiger partial charge in [-0.3, -0.25) is 24.6 Å². The zero-order valence-electron chi connectivity index (χ0n) is 51.4. The molecular weight excluding hydrogens is 1180 g/mol. The van der Waals surface area contributed by atoms with Crippen LogP contribution in [0.5, 0.6) is 11.8 Å². The monoisotopic (exact) mass is 1260 g/mol. The minimum Gasteiger partial charge on any atom is -0.855 e. The molecule has 26 nitrogen and oxygen atoms in total. The Balaban J connectivity index is -0.000000498. The van der Waals surface area contributed by atoms with Crippen molar-refractivity contribution in [3.63, 3.8) is 0 Å². The van der Waals surface area contributed by atoms with Gasteiger partial charge in [0.05, 0.1) is 39.6 Å². The van der Waals surface area contributed by atoms with Crippen LogP contribution >= 0.6 is 24.0 Å². The van der Waals surface area contributed by atoms with Crippen LogP contribution in [-0.2, 0) is 69.0 Å². The summed E-state index contributed by atoms with van der Waals surface area (Å²) in [4.78, 5) is 95.1. The van der Waals surface area contributed by atoms with Crippen molar-refractivity contribution in [3.8, 4) is 11.8 Å². The summed E-state index contributed by atoms with van der Waals surface area (Å²) in [5.41, 5.74) is 6.98. The van der Waals surface area contributed by atoms with Crippen molar-refractivity contribution in [1.29, 1.82) is 5.41 Å². The molecule has 1 aromatic carbocycles. The van der Waals surface area contributed by atoms with Crippen LogP contribution in [0.4, 0.5) is 5.82 Å². The van der Waals surface area contributed by atoms with E-state index in [-0.39, 0.29) is 136 Å². The molecule has 0 fully saturated rings. The number of ether oxygens (including phenoxy) is 9. The molecule has 1 amide bonds. The van der Waals surface area contributed by atoms with Gasteiger partial charge in [0.15, 0.2) is 28.8 Å². The molecule has 85 heavy (non-hydrogen) atoms. The van der Waals surface area contributed by atoms with Gasteiger partial charge in [-0.25, -0.2) is 29.5 Å². The van der Waals surface area contributed by atoms with Gasteiger partial charge in [-0.05, 0) is 70.4 Å². The Bertz CT molecular complexity index is 2800. The fourth-order valence-corrected chi connectivity index (χ4v) is 5.60. The quantitative estimate of drug-likeness (QED) is 0.00889. The topological polar surface area (TPSA) is 364 Å². The smallest absolute Gasteiger partial charge is 0.855 e. The van der Waals surface area contributed by atoms with Crippen molar-refractivity contribution < 1.29 is 101 Å². The van der Waals surface area contributed by atoms with E-state index in [2.05, 4.69) is 71.8 Å². The number of methoxy groups -OCH3 is 6. The number of hydrogen-bond acceptors (Lipinski definition) is 23.